The highest BCUT2D eigenvalue weighted by Crippen LogP contribution is 2.24. The lowest BCUT2D eigenvalue weighted by Crippen LogP contribution is -2.09. The standard InChI is InChI=1S/C17H18N4O/c1-2-9-15-19-20-16(21(15)11-3-1)12-22-14-8-4-6-13-7-5-10-18-17(13)14/h4-8,10H,1-3,9,11-12H2. The minimum absolute atomic E-state index is 0.433. The van der Waals surface area contributed by atoms with Gasteiger partial charge in [-0.1, -0.05) is 24.6 Å². The van der Waals surface area contributed by atoms with Crippen LogP contribution in [-0.2, 0) is 19.6 Å². The summed E-state index contributed by atoms with van der Waals surface area (Å²) >= 11 is 0. The number of aromatic nitrogens is 4. The fraction of sp³-hybridized carbons (Fsp3) is 0.353. The summed E-state index contributed by atoms with van der Waals surface area (Å²) in [6.45, 7) is 1.43. The lowest BCUT2D eigenvalue weighted by atomic mass is 10.2. The summed E-state index contributed by atoms with van der Waals surface area (Å²) in [6, 6.07) is 9.96. The molecule has 3 aromatic rings. The van der Waals surface area contributed by atoms with Gasteiger partial charge < -0.3 is 9.30 Å². The predicted octanol–water partition coefficient (Wildman–Crippen LogP) is 3.13. The maximum atomic E-state index is 5.98. The highest BCUT2D eigenvalue weighted by atomic mass is 16.5. The van der Waals surface area contributed by atoms with Gasteiger partial charge in [0.25, 0.3) is 0 Å². The molecule has 1 aromatic carbocycles. The molecule has 0 saturated heterocycles. The van der Waals surface area contributed by atoms with E-state index in [1.807, 2.05) is 30.3 Å². The average Bonchev–Trinajstić information content (AvgIpc) is 2.79. The molecule has 0 radical (unpaired) electrons. The van der Waals surface area contributed by atoms with Crippen LogP contribution in [0.15, 0.2) is 36.5 Å². The van der Waals surface area contributed by atoms with Gasteiger partial charge in [-0.2, -0.15) is 0 Å². The Kier molecular flexibility index (Phi) is 3.46. The van der Waals surface area contributed by atoms with E-state index < -0.39 is 0 Å². The molecule has 1 aliphatic heterocycles. The van der Waals surface area contributed by atoms with Crippen molar-refractivity contribution in [1.29, 1.82) is 0 Å². The van der Waals surface area contributed by atoms with Gasteiger partial charge >= 0.3 is 0 Å². The summed E-state index contributed by atoms with van der Waals surface area (Å²) in [5.74, 6) is 2.79. The summed E-state index contributed by atoms with van der Waals surface area (Å²) < 4.78 is 8.20. The number of ether oxygens (including phenoxy) is 1. The first-order valence-electron chi connectivity index (χ1n) is 7.79. The van der Waals surface area contributed by atoms with Crippen LogP contribution >= 0.6 is 0 Å². The molecule has 1 aliphatic rings. The first kappa shape index (κ1) is 13.2. The van der Waals surface area contributed by atoms with E-state index in [4.69, 9.17) is 4.74 Å². The van der Waals surface area contributed by atoms with Crippen LogP contribution in [0.4, 0.5) is 0 Å². The third kappa shape index (κ3) is 2.43. The summed E-state index contributed by atoms with van der Waals surface area (Å²) in [5, 5.41) is 9.69. The van der Waals surface area contributed by atoms with Crippen molar-refractivity contribution in [2.45, 2.75) is 38.8 Å². The van der Waals surface area contributed by atoms with E-state index in [1.54, 1.807) is 6.20 Å². The first-order valence-corrected chi connectivity index (χ1v) is 7.79. The molecular weight excluding hydrogens is 276 g/mol. The van der Waals surface area contributed by atoms with Crippen molar-refractivity contribution < 1.29 is 4.74 Å². The van der Waals surface area contributed by atoms with E-state index in [9.17, 15) is 0 Å². The molecule has 0 atom stereocenters. The summed E-state index contributed by atoms with van der Waals surface area (Å²) in [4.78, 5) is 4.42. The van der Waals surface area contributed by atoms with E-state index >= 15 is 0 Å². The van der Waals surface area contributed by atoms with Crippen LogP contribution in [0.25, 0.3) is 10.9 Å². The lowest BCUT2D eigenvalue weighted by Gasteiger charge is -2.10. The molecule has 0 amide bonds. The van der Waals surface area contributed by atoms with E-state index in [0.717, 1.165) is 41.3 Å². The lowest BCUT2D eigenvalue weighted by molar-refractivity contribution is 0.291. The van der Waals surface area contributed by atoms with Crippen molar-refractivity contribution in [3.8, 4) is 5.75 Å². The second kappa shape index (κ2) is 5.75. The third-order valence-corrected chi connectivity index (χ3v) is 4.14. The van der Waals surface area contributed by atoms with Gasteiger partial charge in [0.1, 0.15) is 23.7 Å². The molecule has 0 fully saturated rings. The van der Waals surface area contributed by atoms with Crippen molar-refractivity contribution in [3.63, 3.8) is 0 Å². The van der Waals surface area contributed by atoms with Gasteiger partial charge in [0, 0.05) is 24.5 Å². The molecular formula is C17H18N4O. The van der Waals surface area contributed by atoms with E-state index in [0.29, 0.717) is 6.61 Å². The monoisotopic (exact) mass is 294 g/mol. The topological polar surface area (TPSA) is 52.8 Å². The molecule has 5 heteroatoms. The number of fused-ring (bicyclic) bond motifs is 2. The predicted molar refractivity (Wildman–Crippen MR) is 83.7 cm³/mol. The zero-order valence-corrected chi connectivity index (χ0v) is 12.4. The number of nitrogens with zero attached hydrogens (tertiary/aromatic N) is 4. The highest BCUT2D eigenvalue weighted by Gasteiger charge is 2.15. The Morgan fingerprint density at radius 2 is 2.00 bits per heavy atom. The molecule has 3 heterocycles. The van der Waals surface area contributed by atoms with Gasteiger partial charge in [-0.15, -0.1) is 10.2 Å². The van der Waals surface area contributed by atoms with Gasteiger partial charge in [0.05, 0.1) is 0 Å². The smallest absolute Gasteiger partial charge is 0.171 e. The fourth-order valence-electron chi connectivity index (χ4n) is 2.99. The number of aryl methyl sites for hydroxylation is 1. The van der Waals surface area contributed by atoms with Crippen LogP contribution < -0.4 is 4.74 Å². The molecule has 0 bridgehead atoms. The van der Waals surface area contributed by atoms with Crippen LogP contribution in [0.1, 0.15) is 30.9 Å². The van der Waals surface area contributed by atoms with Crippen LogP contribution in [0.5, 0.6) is 5.75 Å². The SMILES string of the molecule is c1cnc2c(OCc3nnc4n3CCCCC4)cccc2c1. The Labute approximate surface area is 129 Å². The molecule has 22 heavy (non-hydrogen) atoms. The first-order chi connectivity index (χ1) is 10.9. The number of rotatable bonds is 3. The quantitative estimate of drug-likeness (QED) is 0.744. The van der Waals surface area contributed by atoms with Crippen LogP contribution in [0.2, 0.25) is 0 Å². The number of benzene rings is 1. The fourth-order valence-corrected chi connectivity index (χ4v) is 2.99. The molecule has 2 aromatic heterocycles. The summed E-state index contributed by atoms with van der Waals surface area (Å²) in [5.41, 5.74) is 0.889. The normalized spacial score (nSPS) is 14.5. The molecule has 0 unspecified atom stereocenters. The van der Waals surface area contributed by atoms with E-state index in [2.05, 4.69) is 19.7 Å². The van der Waals surface area contributed by atoms with Crippen molar-refractivity contribution >= 4 is 10.9 Å². The van der Waals surface area contributed by atoms with Crippen molar-refractivity contribution in [2.75, 3.05) is 0 Å². The van der Waals surface area contributed by atoms with Gasteiger partial charge in [0.2, 0.25) is 0 Å². The number of hydrogen-bond acceptors (Lipinski definition) is 4. The number of para-hydroxylation sites is 1. The van der Waals surface area contributed by atoms with E-state index in [1.165, 1.54) is 19.3 Å². The zero-order valence-electron chi connectivity index (χ0n) is 12.4. The van der Waals surface area contributed by atoms with Crippen LogP contribution in [0.3, 0.4) is 0 Å². The van der Waals surface area contributed by atoms with Gasteiger partial charge in [-0.25, -0.2) is 0 Å². The van der Waals surface area contributed by atoms with Crippen LogP contribution in [-0.4, -0.2) is 19.7 Å². The minimum Gasteiger partial charge on any atom is -0.483 e. The second-order valence-electron chi connectivity index (χ2n) is 5.61. The van der Waals surface area contributed by atoms with Gasteiger partial charge in [-0.05, 0) is 25.0 Å². The van der Waals surface area contributed by atoms with Crippen molar-refractivity contribution in [2.24, 2.45) is 0 Å². The minimum atomic E-state index is 0.433. The van der Waals surface area contributed by atoms with Crippen molar-refractivity contribution in [1.82, 2.24) is 19.7 Å². The Balaban J connectivity index is 1.59. The molecule has 0 aliphatic carbocycles. The Hall–Kier alpha value is -2.43. The number of hydrogen-bond donors (Lipinski definition) is 0. The van der Waals surface area contributed by atoms with Gasteiger partial charge in [0.15, 0.2) is 5.82 Å². The van der Waals surface area contributed by atoms with Crippen molar-refractivity contribution in [3.05, 3.63) is 48.2 Å². The molecule has 0 spiro atoms. The zero-order chi connectivity index (χ0) is 14.8. The van der Waals surface area contributed by atoms with Gasteiger partial charge in [-0.3, -0.25) is 4.98 Å². The van der Waals surface area contributed by atoms with E-state index in [-0.39, 0.29) is 0 Å². The molecule has 4 rings (SSSR count). The average molecular weight is 294 g/mol. The molecule has 0 N–H and O–H groups in total. The second-order valence-corrected chi connectivity index (χ2v) is 5.61. The Morgan fingerprint density at radius 3 is 3.00 bits per heavy atom. The third-order valence-electron chi connectivity index (χ3n) is 4.14. The molecule has 5 nitrogen and oxygen atoms in total. The molecule has 0 saturated carbocycles. The Morgan fingerprint density at radius 1 is 1.05 bits per heavy atom. The summed E-state index contributed by atoms with van der Waals surface area (Å²) in [6.07, 6.45) is 6.46. The largest absolute Gasteiger partial charge is 0.483 e. The highest BCUT2D eigenvalue weighted by molar-refractivity contribution is 5.84. The molecule has 112 valence electrons. The van der Waals surface area contributed by atoms with Crippen LogP contribution in [0, 0.1) is 0 Å². The summed E-state index contributed by atoms with van der Waals surface area (Å²) in [7, 11) is 0. The Bertz CT molecular complexity index is 791. The maximum Gasteiger partial charge on any atom is 0.171 e. The number of pyridine rings is 1. The maximum absolute atomic E-state index is 5.98.